The maximum atomic E-state index is 12.9. The smallest absolute Gasteiger partial charge is 0.262 e. The highest BCUT2D eigenvalue weighted by Crippen LogP contribution is 2.30. The van der Waals surface area contributed by atoms with Crippen LogP contribution < -0.4 is 5.56 Å². The van der Waals surface area contributed by atoms with Gasteiger partial charge in [0.15, 0.2) is 0 Å². The molecule has 3 rings (SSSR count). The molecule has 3 nitrogen and oxygen atoms in total. The first-order valence-electron chi connectivity index (χ1n) is 7.41. The van der Waals surface area contributed by atoms with Gasteiger partial charge in [0.05, 0.1) is 18.4 Å². The van der Waals surface area contributed by atoms with Crippen LogP contribution in [-0.2, 0) is 6.54 Å². The fourth-order valence-corrected chi connectivity index (χ4v) is 4.14. The molecule has 1 aliphatic heterocycles. The fraction of sp³-hybridized carbons (Fsp3) is 0.294. The SMILES string of the molecule is C=C1CCCCSc2ncn(Cc3c(Cl)cccc3Cl)c(=O)c21. The van der Waals surface area contributed by atoms with E-state index in [1.165, 1.54) is 0 Å². The molecule has 0 fully saturated rings. The molecule has 2 aromatic rings. The number of nitrogens with zero attached hydrogens (tertiary/aromatic N) is 2. The lowest BCUT2D eigenvalue weighted by molar-refractivity contribution is 0.710. The molecule has 0 atom stereocenters. The van der Waals surface area contributed by atoms with Gasteiger partial charge in [0.25, 0.3) is 5.56 Å². The van der Waals surface area contributed by atoms with E-state index < -0.39 is 0 Å². The molecule has 0 N–H and O–H groups in total. The summed E-state index contributed by atoms with van der Waals surface area (Å²) >= 11 is 14.0. The molecule has 6 heteroatoms. The van der Waals surface area contributed by atoms with Gasteiger partial charge in [0.1, 0.15) is 5.03 Å². The highest BCUT2D eigenvalue weighted by Gasteiger charge is 2.18. The molecule has 0 bridgehead atoms. The third-order valence-corrected chi connectivity index (χ3v) is 5.64. The number of fused-ring (bicyclic) bond motifs is 1. The normalized spacial score (nSPS) is 15.0. The van der Waals surface area contributed by atoms with Crippen LogP contribution in [-0.4, -0.2) is 15.3 Å². The lowest BCUT2D eigenvalue weighted by Gasteiger charge is -2.16. The van der Waals surface area contributed by atoms with Gasteiger partial charge in [-0.15, -0.1) is 11.8 Å². The van der Waals surface area contributed by atoms with E-state index >= 15 is 0 Å². The van der Waals surface area contributed by atoms with Crippen molar-refractivity contribution in [3.05, 3.63) is 62.6 Å². The predicted molar refractivity (Wildman–Crippen MR) is 97.7 cm³/mol. The minimum absolute atomic E-state index is 0.0783. The summed E-state index contributed by atoms with van der Waals surface area (Å²) in [6, 6.07) is 5.32. The van der Waals surface area contributed by atoms with Crippen LogP contribution in [0.4, 0.5) is 0 Å². The molecule has 1 aromatic heterocycles. The zero-order valence-corrected chi connectivity index (χ0v) is 14.8. The van der Waals surface area contributed by atoms with Gasteiger partial charge < -0.3 is 0 Å². The molecule has 0 spiro atoms. The van der Waals surface area contributed by atoms with Crippen molar-refractivity contribution in [2.75, 3.05) is 5.75 Å². The standard InChI is InChI=1S/C17H16Cl2N2OS/c1-11-5-2-3-8-23-16-15(11)17(22)21(10-20-16)9-12-13(18)6-4-7-14(12)19/h4,6-7,10H,1-3,5,8-9H2. The van der Waals surface area contributed by atoms with Crippen LogP contribution >= 0.6 is 35.0 Å². The molecule has 0 saturated carbocycles. The first-order chi connectivity index (χ1) is 11.1. The van der Waals surface area contributed by atoms with Crippen molar-refractivity contribution in [3.8, 4) is 0 Å². The summed E-state index contributed by atoms with van der Waals surface area (Å²) in [5.74, 6) is 0.979. The molecule has 0 saturated heterocycles. The average Bonchev–Trinajstić information content (AvgIpc) is 2.50. The first kappa shape index (κ1) is 16.6. The van der Waals surface area contributed by atoms with Gasteiger partial charge in [-0.1, -0.05) is 35.8 Å². The number of hydrogen-bond donors (Lipinski definition) is 0. The Labute approximate surface area is 149 Å². The second-order valence-corrected chi connectivity index (χ2v) is 7.37. The van der Waals surface area contributed by atoms with Gasteiger partial charge in [-0.2, -0.15) is 0 Å². The summed E-state index contributed by atoms with van der Waals surface area (Å²) in [5.41, 5.74) is 2.15. The molecule has 1 aromatic carbocycles. The molecular formula is C17H16Cl2N2OS. The van der Waals surface area contributed by atoms with Crippen LogP contribution in [0.3, 0.4) is 0 Å². The third kappa shape index (κ3) is 3.49. The number of rotatable bonds is 2. The summed E-state index contributed by atoms with van der Waals surface area (Å²) in [4.78, 5) is 17.3. The van der Waals surface area contributed by atoms with Crippen molar-refractivity contribution in [2.24, 2.45) is 0 Å². The summed E-state index contributed by atoms with van der Waals surface area (Å²) in [5, 5.41) is 1.87. The van der Waals surface area contributed by atoms with E-state index in [0.29, 0.717) is 22.2 Å². The summed E-state index contributed by atoms with van der Waals surface area (Å²) in [6.45, 7) is 4.38. The van der Waals surface area contributed by atoms with E-state index in [1.807, 2.05) is 0 Å². The molecule has 0 unspecified atom stereocenters. The average molecular weight is 367 g/mol. The van der Waals surface area contributed by atoms with Crippen LogP contribution in [0.25, 0.3) is 5.57 Å². The van der Waals surface area contributed by atoms with Gasteiger partial charge in [0.2, 0.25) is 0 Å². The van der Waals surface area contributed by atoms with Crippen molar-refractivity contribution in [3.63, 3.8) is 0 Å². The van der Waals surface area contributed by atoms with E-state index in [2.05, 4.69) is 11.6 Å². The van der Waals surface area contributed by atoms with E-state index in [4.69, 9.17) is 23.2 Å². The zero-order chi connectivity index (χ0) is 16.4. The highest BCUT2D eigenvalue weighted by atomic mass is 35.5. The van der Waals surface area contributed by atoms with Crippen molar-refractivity contribution in [1.29, 1.82) is 0 Å². The van der Waals surface area contributed by atoms with E-state index in [9.17, 15) is 4.79 Å². The summed E-state index contributed by atoms with van der Waals surface area (Å²) in [6.07, 6.45) is 4.57. The van der Waals surface area contributed by atoms with Crippen LogP contribution in [0.15, 0.2) is 40.9 Å². The lowest BCUT2D eigenvalue weighted by atomic mass is 10.0. The van der Waals surface area contributed by atoms with Crippen molar-refractivity contribution >= 4 is 40.5 Å². The Morgan fingerprint density at radius 2 is 2.00 bits per heavy atom. The first-order valence-corrected chi connectivity index (χ1v) is 9.15. The zero-order valence-electron chi connectivity index (χ0n) is 12.5. The predicted octanol–water partition coefficient (Wildman–Crippen LogP) is 4.89. The Balaban J connectivity index is 2.05. The van der Waals surface area contributed by atoms with E-state index in [-0.39, 0.29) is 5.56 Å². The number of benzene rings is 1. The molecular weight excluding hydrogens is 351 g/mol. The molecule has 0 radical (unpaired) electrons. The van der Waals surface area contributed by atoms with Gasteiger partial charge in [-0.3, -0.25) is 9.36 Å². The largest absolute Gasteiger partial charge is 0.294 e. The molecule has 0 aliphatic carbocycles. The highest BCUT2D eigenvalue weighted by molar-refractivity contribution is 7.99. The maximum absolute atomic E-state index is 12.9. The fourth-order valence-electron chi connectivity index (χ4n) is 2.59. The lowest BCUT2D eigenvalue weighted by Crippen LogP contribution is -2.26. The third-order valence-electron chi connectivity index (χ3n) is 3.86. The van der Waals surface area contributed by atoms with Gasteiger partial charge in [-0.25, -0.2) is 4.98 Å². The molecule has 23 heavy (non-hydrogen) atoms. The molecule has 0 amide bonds. The minimum atomic E-state index is -0.0783. The number of aromatic nitrogens is 2. The Bertz CT molecular complexity index is 796. The van der Waals surface area contributed by atoms with Crippen LogP contribution in [0.5, 0.6) is 0 Å². The molecule has 1 aliphatic rings. The van der Waals surface area contributed by atoms with E-state index in [1.54, 1.807) is 40.9 Å². The Kier molecular flexibility index (Phi) is 5.14. The number of allylic oxidation sites excluding steroid dienone is 1. The Morgan fingerprint density at radius 1 is 1.26 bits per heavy atom. The molecule has 120 valence electrons. The Hall–Kier alpha value is -1.23. The van der Waals surface area contributed by atoms with Gasteiger partial charge in [-0.05, 0) is 42.7 Å². The summed E-state index contributed by atoms with van der Waals surface area (Å²) < 4.78 is 1.55. The quantitative estimate of drug-likeness (QED) is 0.709. The number of hydrogen-bond acceptors (Lipinski definition) is 3. The van der Waals surface area contributed by atoms with Gasteiger partial charge >= 0.3 is 0 Å². The van der Waals surface area contributed by atoms with Gasteiger partial charge in [0, 0.05) is 15.6 Å². The second-order valence-electron chi connectivity index (χ2n) is 5.47. The van der Waals surface area contributed by atoms with Crippen molar-refractivity contribution in [1.82, 2.24) is 9.55 Å². The van der Waals surface area contributed by atoms with Crippen LogP contribution in [0, 0.1) is 0 Å². The maximum Gasteiger partial charge on any atom is 0.262 e. The number of halogens is 2. The topological polar surface area (TPSA) is 34.9 Å². The minimum Gasteiger partial charge on any atom is -0.294 e. The van der Waals surface area contributed by atoms with Crippen molar-refractivity contribution in [2.45, 2.75) is 30.8 Å². The van der Waals surface area contributed by atoms with Crippen LogP contribution in [0.1, 0.15) is 30.4 Å². The number of thioether (sulfide) groups is 1. The van der Waals surface area contributed by atoms with Crippen molar-refractivity contribution < 1.29 is 0 Å². The van der Waals surface area contributed by atoms with E-state index in [0.717, 1.165) is 41.2 Å². The Morgan fingerprint density at radius 3 is 2.74 bits per heavy atom. The summed E-state index contributed by atoms with van der Waals surface area (Å²) in [7, 11) is 0. The second kappa shape index (κ2) is 7.12. The molecule has 2 heterocycles. The van der Waals surface area contributed by atoms with Crippen LogP contribution in [0.2, 0.25) is 10.0 Å². The monoisotopic (exact) mass is 366 g/mol.